The molecule has 0 radical (unpaired) electrons. The number of sulfone groups is 1. The Morgan fingerprint density at radius 1 is 1.28 bits per heavy atom. The number of nitrogens with zero attached hydrogens (tertiary/aromatic N) is 2. The van der Waals surface area contributed by atoms with Crippen molar-refractivity contribution in [1.82, 2.24) is 15.1 Å². The number of likely N-dealkylation sites (N-methyl/N-ethyl adjacent to an activating group) is 2. The van der Waals surface area contributed by atoms with E-state index in [9.17, 15) is 13.2 Å². The molecule has 2 aliphatic heterocycles. The Kier molecular flexibility index (Phi) is 4.89. The Labute approximate surface area is 148 Å². The van der Waals surface area contributed by atoms with Crippen LogP contribution in [0, 0.1) is 0 Å². The molecular weight excluding hydrogens is 342 g/mol. The average Bonchev–Trinajstić information content (AvgIpc) is 2.52. The topological polar surface area (TPSA) is 79.0 Å². The van der Waals surface area contributed by atoms with E-state index < -0.39 is 9.84 Å². The van der Waals surface area contributed by atoms with Crippen molar-refractivity contribution in [3.8, 4) is 0 Å². The summed E-state index contributed by atoms with van der Waals surface area (Å²) in [5.41, 5.74) is 0.876. The summed E-state index contributed by atoms with van der Waals surface area (Å²) < 4.78 is 29.0. The first-order valence-corrected chi connectivity index (χ1v) is 10.2. The lowest BCUT2D eigenvalue weighted by molar-refractivity contribution is -0.198. The van der Waals surface area contributed by atoms with Gasteiger partial charge in [0.25, 0.3) is 0 Å². The summed E-state index contributed by atoms with van der Waals surface area (Å²) in [4.78, 5) is 16.5. The first-order valence-electron chi connectivity index (χ1n) is 8.30. The summed E-state index contributed by atoms with van der Waals surface area (Å²) in [5.74, 6) is -0.0144. The fourth-order valence-corrected chi connectivity index (χ4v) is 4.24. The summed E-state index contributed by atoms with van der Waals surface area (Å²) in [6, 6.07) is 6.79. The van der Waals surface area contributed by atoms with Crippen LogP contribution in [0.15, 0.2) is 29.2 Å². The van der Waals surface area contributed by atoms with Crippen LogP contribution in [0.2, 0.25) is 0 Å². The second-order valence-corrected chi connectivity index (χ2v) is 9.12. The molecule has 138 valence electrons. The maximum atomic E-state index is 11.8. The highest BCUT2D eigenvalue weighted by molar-refractivity contribution is 7.90. The number of hydrogen-bond donors (Lipinski definition) is 1. The highest BCUT2D eigenvalue weighted by Gasteiger charge is 2.49. The quantitative estimate of drug-likeness (QED) is 0.789. The molecule has 0 saturated carbocycles. The second-order valence-electron chi connectivity index (χ2n) is 7.10. The Morgan fingerprint density at radius 3 is 2.44 bits per heavy atom. The summed E-state index contributed by atoms with van der Waals surface area (Å²) in [7, 11) is 0.440. The number of carbonyl (C=O) groups is 1. The van der Waals surface area contributed by atoms with Crippen LogP contribution < -0.4 is 5.32 Å². The lowest BCUT2D eigenvalue weighted by Crippen LogP contribution is -2.71. The predicted molar refractivity (Wildman–Crippen MR) is 94.0 cm³/mol. The molecule has 3 rings (SSSR count). The molecule has 0 aromatic heterocycles. The molecule has 7 nitrogen and oxygen atoms in total. The number of carbonyl (C=O) groups excluding carboxylic acids is 1. The number of amides is 1. The molecule has 1 aromatic carbocycles. The molecule has 1 aromatic rings. The molecule has 2 heterocycles. The molecule has 1 atom stereocenters. The Morgan fingerprint density at radius 2 is 1.92 bits per heavy atom. The van der Waals surface area contributed by atoms with E-state index in [0.717, 1.165) is 31.7 Å². The molecule has 1 unspecified atom stereocenters. The average molecular weight is 367 g/mol. The lowest BCUT2D eigenvalue weighted by Gasteiger charge is -2.55. The molecule has 8 heteroatoms. The van der Waals surface area contributed by atoms with Gasteiger partial charge in [0.15, 0.2) is 9.84 Å². The van der Waals surface area contributed by atoms with Crippen molar-refractivity contribution in [3.63, 3.8) is 0 Å². The van der Waals surface area contributed by atoms with Crippen molar-refractivity contribution in [3.05, 3.63) is 29.8 Å². The standard InChI is InChI=1S/C17H25N3O4S/c1-18-16(21)15-9-24-17(10-19(15)2)11-20(12-17)8-13-4-6-14(7-5-13)25(3,22)23/h4-7,15H,8-12H2,1-3H3,(H,18,21). The van der Waals surface area contributed by atoms with Crippen molar-refractivity contribution in [2.24, 2.45) is 0 Å². The highest BCUT2D eigenvalue weighted by Crippen LogP contribution is 2.31. The van der Waals surface area contributed by atoms with Gasteiger partial charge in [0.1, 0.15) is 11.6 Å². The van der Waals surface area contributed by atoms with Crippen LogP contribution in [0.25, 0.3) is 0 Å². The van der Waals surface area contributed by atoms with Crippen molar-refractivity contribution in [1.29, 1.82) is 0 Å². The van der Waals surface area contributed by atoms with Gasteiger partial charge < -0.3 is 10.1 Å². The summed E-state index contributed by atoms with van der Waals surface area (Å²) in [6.45, 7) is 3.52. The number of nitrogens with one attached hydrogen (secondary N) is 1. The van der Waals surface area contributed by atoms with Crippen molar-refractivity contribution in [2.45, 2.75) is 23.1 Å². The van der Waals surface area contributed by atoms with Crippen LogP contribution >= 0.6 is 0 Å². The van der Waals surface area contributed by atoms with Gasteiger partial charge in [-0.3, -0.25) is 14.6 Å². The molecule has 0 aliphatic carbocycles. The second kappa shape index (κ2) is 6.68. The van der Waals surface area contributed by atoms with E-state index >= 15 is 0 Å². The molecular formula is C17H25N3O4S. The van der Waals surface area contributed by atoms with Crippen LogP contribution in [0.1, 0.15) is 5.56 Å². The summed E-state index contributed by atoms with van der Waals surface area (Å²) in [5, 5.41) is 2.67. The minimum absolute atomic E-state index is 0.0144. The third kappa shape index (κ3) is 3.87. The maximum Gasteiger partial charge on any atom is 0.239 e. The van der Waals surface area contributed by atoms with Crippen LogP contribution in [0.3, 0.4) is 0 Å². The molecule has 1 spiro atoms. The summed E-state index contributed by atoms with van der Waals surface area (Å²) >= 11 is 0. The zero-order chi connectivity index (χ0) is 18.2. The van der Waals surface area contributed by atoms with Gasteiger partial charge in [0.05, 0.1) is 11.5 Å². The first-order chi connectivity index (χ1) is 11.7. The van der Waals surface area contributed by atoms with Crippen LogP contribution in [0.5, 0.6) is 0 Å². The normalized spacial score (nSPS) is 24.0. The van der Waals surface area contributed by atoms with Crippen molar-refractivity contribution in [2.75, 3.05) is 46.6 Å². The van der Waals surface area contributed by atoms with E-state index in [2.05, 4.69) is 15.1 Å². The van der Waals surface area contributed by atoms with Gasteiger partial charge in [-0.25, -0.2) is 8.42 Å². The lowest BCUT2D eigenvalue weighted by atomic mass is 9.90. The SMILES string of the molecule is CNC(=O)C1COC2(CN(Cc3ccc(S(C)(=O)=O)cc3)C2)CN1C. The summed E-state index contributed by atoms with van der Waals surface area (Å²) in [6.07, 6.45) is 1.21. The largest absolute Gasteiger partial charge is 0.369 e. The molecule has 2 aliphatic rings. The minimum Gasteiger partial charge on any atom is -0.369 e. The number of hydrogen-bond acceptors (Lipinski definition) is 6. The van der Waals surface area contributed by atoms with Crippen molar-refractivity contribution >= 4 is 15.7 Å². The van der Waals surface area contributed by atoms with E-state index in [1.54, 1.807) is 19.2 Å². The van der Waals surface area contributed by atoms with E-state index in [4.69, 9.17) is 4.74 Å². The van der Waals surface area contributed by atoms with Crippen LogP contribution in [0.4, 0.5) is 0 Å². The fourth-order valence-electron chi connectivity index (χ4n) is 3.61. The van der Waals surface area contributed by atoms with Gasteiger partial charge in [-0.2, -0.15) is 0 Å². The number of benzene rings is 1. The van der Waals surface area contributed by atoms with Gasteiger partial charge in [-0.15, -0.1) is 0 Å². The predicted octanol–water partition coefficient (Wildman–Crippen LogP) is -0.279. The van der Waals surface area contributed by atoms with Crippen LogP contribution in [-0.4, -0.2) is 82.4 Å². The third-order valence-corrected chi connectivity index (χ3v) is 6.08. The van der Waals surface area contributed by atoms with E-state index in [1.807, 2.05) is 19.2 Å². The van der Waals surface area contributed by atoms with Crippen LogP contribution in [-0.2, 0) is 25.9 Å². The van der Waals surface area contributed by atoms with Crippen molar-refractivity contribution < 1.29 is 17.9 Å². The first kappa shape index (κ1) is 18.3. The fraction of sp³-hybridized carbons (Fsp3) is 0.588. The molecule has 1 N–H and O–H groups in total. The number of rotatable bonds is 4. The Balaban J connectivity index is 1.54. The molecule has 2 fully saturated rings. The third-order valence-electron chi connectivity index (χ3n) is 4.95. The van der Waals surface area contributed by atoms with Gasteiger partial charge >= 0.3 is 0 Å². The van der Waals surface area contributed by atoms with Gasteiger partial charge in [0, 0.05) is 39.5 Å². The maximum absolute atomic E-state index is 11.8. The van der Waals surface area contributed by atoms with E-state index in [0.29, 0.717) is 11.5 Å². The molecule has 25 heavy (non-hydrogen) atoms. The Bertz CT molecular complexity index is 742. The zero-order valence-corrected chi connectivity index (χ0v) is 15.7. The number of morpholine rings is 1. The monoisotopic (exact) mass is 367 g/mol. The number of ether oxygens (including phenoxy) is 1. The minimum atomic E-state index is -3.15. The van der Waals surface area contributed by atoms with E-state index in [-0.39, 0.29) is 17.6 Å². The zero-order valence-electron chi connectivity index (χ0n) is 14.9. The highest BCUT2D eigenvalue weighted by atomic mass is 32.2. The smallest absolute Gasteiger partial charge is 0.239 e. The van der Waals surface area contributed by atoms with Gasteiger partial charge in [-0.1, -0.05) is 12.1 Å². The number of likely N-dealkylation sites (tertiary alicyclic amines) is 1. The molecule has 2 saturated heterocycles. The molecule has 1 amide bonds. The van der Waals surface area contributed by atoms with E-state index in [1.165, 1.54) is 6.26 Å². The van der Waals surface area contributed by atoms with Gasteiger partial charge in [0.2, 0.25) is 5.91 Å². The molecule has 0 bridgehead atoms. The Hall–Kier alpha value is -1.48. The van der Waals surface area contributed by atoms with Gasteiger partial charge in [-0.05, 0) is 24.7 Å².